The van der Waals surface area contributed by atoms with E-state index in [1.807, 2.05) is 54.6 Å². The number of halogens is 1. The number of amides is 1. The topological polar surface area (TPSA) is 54.0 Å². The van der Waals surface area contributed by atoms with E-state index in [-0.39, 0.29) is 11.0 Å². The fraction of sp³-hybridized carbons (Fsp3) is 0.0417. The summed E-state index contributed by atoms with van der Waals surface area (Å²) in [4.78, 5) is 17.8. The molecule has 3 aromatic carbocycles. The second kappa shape index (κ2) is 8.60. The van der Waals surface area contributed by atoms with Crippen molar-refractivity contribution >= 4 is 83.5 Å². The number of hydrogen-bond acceptors (Lipinski definition) is 5. The van der Waals surface area contributed by atoms with E-state index in [0.717, 1.165) is 31.9 Å². The molecule has 0 fully saturated rings. The van der Waals surface area contributed by atoms with Gasteiger partial charge in [-0.1, -0.05) is 35.9 Å². The molecule has 32 heavy (non-hydrogen) atoms. The lowest BCUT2D eigenvalue weighted by molar-refractivity contribution is 0.0982. The van der Waals surface area contributed by atoms with E-state index in [1.54, 1.807) is 11.3 Å². The van der Waals surface area contributed by atoms with Crippen LogP contribution in [0.3, 0.4) is 0 Å². The van der Waals surface area contributed by atoms with Crippen molar-refractivity contribution in [1.29, 1.82) is 0 Å². The third-order valence-electron chi connectivity index (χ3n) is 4.90. The van der Waals surface area contributed by atoms with Crippen molar-refractivity contribution in [2.75, 3.05) is 5.32 Å². The van der Waals surface area contributed by atoms with Crippen molar-refractivity contribution in [2.24, 2.45) is 0 Å². The SMILES string of the molecule is Cc1ccc2nc(-c3ccc(NC(=S)NC(=O)c4sc5ccccc5c4Cl)cc3)sc2c1. The Bertz CT molecular complexity index is 1490. The van der Waals surface area contributed by atoms with Gasteiger partial charge in [0.15, 0.2) is 5.11 Å². The molecule has 4 nitrogen and oxygen atoms in total. The number of nitrogens with zero attached hydrogens (tertiary/aromatic N) is 1. The zero-order valence-corrected chi connectivity index (χ0v) is 20.0. The minimum Gasteiger partial charge on any atom is -0.332 e. The maximum atomic E-state index is 12.7. The summed E-state index contributed by atoms with van der Waals surface area (Å²) in [6.45, 7) is 2.08. The summed E-state index contributed by atoms with van der Waals surface area (Å²) in [6.07, 6.45) is 0. The number of thiazole rings is 1. The summed E-state index contributed by atoms with van der Waals surface area (Å²) in [5.41, 5.74) is 4.03. The van der Waals surface area contributed by atoms with Gasteiger partial charge < -0.3 is 5.32 Å². The van der Waals surface area contributed by atoms with Crippen LogP contribution in [0.2, 0.25) is 5.02 Å². The van der Waals surface area contributed by atoms with Crippen molar-refractivity contribution in [2.45, 2.75) is 6.92 Å². The van der Waals surface area contributed by atoms with Gasteiger partial charge in [0.05, 0.1) is 15.2 Å². The van der Waals surface area contributed by atoms with Crippen molar-refractivity contribution in [3.05, 3.63) is 82.2 Å². The molecule has 0 radical (unpaired) electrons. The molecule has 0 atom stereocenters. The van der Waals surface area contributed by atoms with Crippen LogP contribution >= 0.6 is 46.5 Å². The van der Waals surface area contributed by atoms with Gasteiger partial charge in [0.1, 0.15) is 9.88 Å². The number of fused-ring (bicyclic) bond motifs is 2. The number of aromatic nitrogens is 1. The minimum atomic E-state index is -0.324. The van der Waals surface area contributed by atoms with Crippen LogP contribution in [-0.4, -0.2) is 16.0 Å². The Morgan fingerprint density at radius 2 is 1.78 bits per heavy atom. The second-order valence-electron chi connectivity index (χ2n) is 7.22. The number of benzene rings is 3. The molecule has 0 aliphatic rings. The Labute approximate surface area is 202 Å². The third-order valence-corrected chi connectivity index (χ3v) is 7.85. The molecule has 0 saturated carbocycles. The largest absolute Gasteiger partial charge is 0.332 e. The molecule has 0 spiro atoms. The lowest BCUT2D eigenvalue weighted by Crippen LogP contribution is -2.33. The molecule has 158 valence electrons. The normalized spacial score (nSPS) is 11.1. The van der Waals surface area contributed by atoms with Crippen LogP contribution in [-0.2, 0) is 0 Å². The fourth-order valence-corrected chi connectivity index (χ4v) is 6.03. The lowest BCUT2D eigenvalue weighted by Gasteiger charge is -2.09. The molecule has 2 N–H and O–H groups in total. The number of hydrogen-bond donors (Lipinski definition) is 2. The number of thiophene rings is 1. The molecule has 8 heteroatoms. The Balaban J connectivity index is 1.28. The highest BCUT2D eigenvalue weighted by Gasteiger charge is 2.18. The van der Waals surface area contributed by atoms with Crippen LogP contribution in [0.5, 0.6) is 0 Å². The average molecular weight is 494 g/mol. The van der Waals surface area contributed by atoms with Gasteiger partial charge >= 0.3 is 0 Å². The highest BCUT2D eigenvalue weighted by Crippen LogP contribution is 2.35. The summed E-state index contributed by atoms with van der Waals surface area (Å²) in [6, 6.07) is 21.7. The summed E-state index contributed by atoms with van der Waals surface area (Å²) in [5.74, 6) is -0.324. The van der Waals surface area contributed by atoms with Crippen molar-refractivity contribution < 1.29 is 4.79 Å². The van der Waals surface area contributed by atoms with Crippen molar-refractivity contribution in [3.8, 4) is 10.6 Å². The van der Waals surface area contributed by atoms with E-state index in [0.29, 0.717) is 9.90 Å². The molecule has 0 saturated heterocycles. The van der Waals surface area contributed by atoms with Crippen molar-refractivity contribution in [3.63, 3.8) is 0 Å². The molecule has 0 bridgehead atoms. The predicted molar refractivity (Wildman–Crippen MR) is 140 cm³/mol. The molecular formula is C24H16ClN3OS3. The zero-order chi connectivity index (χ0) is 22.2. The van der Waals surface area contributed by atoms with Gasteiger partial charge in [-0.05, 0) is 67.2 Å². The first kappa shape index (κ1) is 21.0. The summed E-state index contributed by atoms with van der Waals surface area (Å²) < 4.78 is 2.13. The Kier molecular flexibility index (Phi) is 5.65. The first-order valence-electron chi connectivity index (χ1n) is 9.75. The van der Waals surface area contributed by atoms with Gasteiger partial charge in [-0.2, -0.15) is 0 Å². The number of carbonyl (C=O) groups is 1. The van der Waals surface area contributed by atoms with Crippen LogP contribution in [0.15, 0.2) is 66.7 Å². The molecule has 0 aliphatic heterocycles. The third kappa shape index (κ3) is 4.12. The Hall–Kier alpha value is -2.84. The molecular weight excluding hydrogens is 478 g/mol. The number of aryl methyl sites for hydroxylation is 1. The maximum Gasteiger partial charge on any atom is 0.269 e. The van der Waals surface area contributed by atoms with Crippen LogP contribution in [0, 0.1) is 6.92 Å². The number of carbonyl (C=O) groups excluding carboxylic acids is 1. The summed E-state index contributed by atoms with van der Waals surface area (Å²) in [5, 5.41) is 8.26. The van der Waals surface area contributed by atoms with Crippen molar-refractivity contribution in [1.82, 2.24) is 10.3 Å². The van der Waals surface area contributed by atoms with Gasteiger partial charge in [0, 0.05) is 21.3 Å². The van der Waals surface area contributed by atoms with E-state index < -0.39 is 0 Å². The first-order chi connectivity index (χ1) is 15.5. The van der Waals surface area contributed by atoms with E-state index in [4.69, 9.17) is 28.8 Å². The second-order valence-corrected chi connectivity index (χ2v) is 10.1. The van der Waals surface area contributed by atoms with Gasteiger partial charge in [0.2, 0.25) is 0 Å². The smallest absolute Gasteiger partial charge is 0.269 e. The van der Waals surface area contributed by atoms with E-state index >= 15 is 0 Å². The van der Waals surface area contributed by atoms with Gasteiger partial charge in [-0.3, -0.25) is 10.1 Å². The summed E-state index contributed by atoms with van der Waals surface area (Å²) in [7, 11) is 0. The number of rotatable bonds is 3. The Morgan fingerprint density at radius 3 is 2.56 bits per heavy atom. The fourth-order valence-electron chi connectivity index (χ4n) is 3.33. The summed E-state index contributed by atoms with van der Waals surface area (Å²) >= 11 is 14.7. The number of thiocarbonyl (C=S) groups is 1. The quantitative estimate of drug-likeness (QED) is 0.259. The lowest BCUT2D eigenvalue weighted by atomic mass is 10.2. The van der Waals surface area contributed by atoms with E-state index in [9.17, 15) is 4.79 Å². The Morgan fingerprint density at radius 1 is 1.00 bits per heavy atom. The molecule has 5 rings (SSSR count). The van der Waals surface area contributed by atoms with Crippen LogP contribution < -0.4 is 10.6 Å². The average Bonchev–Trinajstić information content (AvgIpc) is 3.35. The maximum absolute atomic E-state index is 12.7. The highest BCUT2D eigenvalue weighted by atomic mass is 35.5. The number of anilines is 1. The van der Waals surface area contributed by atoms with Gasteiger partial charge in [-0.25, -0.2) is 4.98 Å². The van der Waals surface area contributed by atoms with Crippen LogP contribution in [0.25, 0.3) is 30.9 Å². The number of nitrogens with one attached hydrogen (secondary N) is 2. The van der Waals surface area contributed by atoms with Gasteiger partial charge in [0.25, 0.3) is 5.91 Å². The zero-order valence-electron chi connectivity index (χ0n) is 16.8. The molecule has 0 unspecified atom stereocenters. The monoisotopic (exact) mass is 493 g/mol. The highest BCUT2D eigenvalue weighted by molar-refractivity contribution is 7.80. The molecule has 5 aromatic rings. The van der Waals surface area contributed by atoms with E-state index in [2.05, 4.69) is 29.7 Å². The van der Waals surface area contributed by atoms with E-state index in [1.165, 1.54) is 21.6 Å². The van der Waals surface area contributed by atoms with Gasteiger partial charge in [-0.15, -0.1) is 22.7 Å². The van der Waals surface area contributed by atoms with Crippen LogP contribution in [0.4, 0.5) is 5.69 Å². The minimum absolute atomic E-state index is 0.215. The molecule has 1 amide bonds. The standard InChI is InChI=1S/C24H16ClN3OS3/c1-13-6-11-17-19(12-13)32-23(27-17)14-7-9-15(10-8-14)26-24(30)28-22(29)21-20(25)16-4-2-3-5-18(16)31-21/h2-12H,1H3,(H2,26,28,29,30). The molecule has 2 aromatic heterocycles. The molecule has 2 heterocycles. The van der Waals surface area contributed by atoms with Crippen LogP contribution in [0.1, 0.15) is 15.2 Å². The first-order valence-corrected chi connectivity index (χ1v) is 12.2. The predicted octanol–water partition coefficient (Wildman–Crippen LogP) is 7.27. The molecule has 0 aliphatic carbocycles.